The molecule has 1 unspecified atom stereocenters. The van der Waals surface area contributed by atoms with Crippen molar-refractivity contribution in [3.05, 3.63) is 0 Å². The van der Waals surface area contributed by atoms with E-state index in [1.807, 2.05) is 0 Å². The Morgan fingerprint density at radius 3 is 2.75 bits per heavy atom. The van der Waals surface area contributed by atoms with Crippen LogP contribution in [0.4, 0.5) is 0 Å². The number of carbonyl (C=O) groups is 1. The standard InChI is InChI=1S/C5H8IO2/c7-5(8)4-1-2-6-3-4/h4H,1-3H2,(H,7,8)/q-1. The Balaban J connectivity index is 2.35. The molecule has 1 aliphatic rings. The summed E-state index contributed by atoms with van der Waals surface area (Å²) < 4.78 is 2.23. The van der Waals surface area contributed by atoms with E-state index >= 15 is 0 Å². The Morgan fingerprint density at radius 2 is 2.50 bits per heavy atom. The van der Waals surface area contributed by atoms with Gasteiger partial charge in [0.1, 0.15) is 0 Å². The van der Waals surface area contributed by atoms with Crippen LogP contribution in [0, 0.1) is 5.92 Å². The minimum absolute atomic E-state index is 0.0304. The van der Waals surface area contributed by atoms with Gasteiger partial charge in [0.05, 0.1) is 0 Å². The van der Waals surface area contributed by atoms with Gasteiger partial charge in [0.25, 0.3) is 0 Å². The van der Waals surface area contributed by atoms with Crippen LogP contribution in [-0.4, -0.2) is 19.9 Å². The SMILES string of the molecule is O=C(O)C1CC[I-]C1. The second kappa shape index (κ2) is 2.66. The molecule has 1 heterocycles. The zero-order chi connectivity index (χ0) is 5.98. The fourth-order valence-corrected chi connectivity index (χ4v) is 3.89. The molecular formula is C5H8IO2-. The first-order valence-electron chi connectivity index (χ1n) is 2.57. The first-order valence-corrected chi connectivity index (χ1v) is 5.62. The summed E-state index contributed by atoms with van der Waals surface area (Å²) in [5, 5.41) is 8.43. The van der Waals surface area contributed by atoms with Crippen LogP contribution in [0.2, 0.25) is 0 Å². The average Bonchev–Trinajstić information content (AvgIpc) is 2.12. The van der Waals surface area contributed by atoms with E-state index in [2.05, 4.69) is 0 Å². The van der Waals surface area contributed by atoms with Gasteiger partial charge in [0, 0.05) is 0 Å². The second-order valence-corrected chi connectivity index (χ2v) is 4.89. The third-order valence-electron chi connectivity index (χ3n) is 1.24. The van der Waals surface area contributed by atoms with Crippen LogP contribution in [0.3, 0.4) is 0 Å². The number of carboxylic acids is 1. The van der Waals surface area contributed by atoms with Gasteiger partial charge in [-0.1, -0.05) is 0 Å². The average molecular weight is 227 g/mol. The molecule has 0 aliphatic carbocycles. The Hall–Kier alpha value is 0.200. The minimum atomic E-state index is -0.581. The molecule has 1 fully saturated rings. The van der Waals surface area contributed by atoms with Crippen LogP contribution in [0.1, 0.15) is 6.42 Å². The first kappa shape index (κ1) is 6.32. The molecule has 0 bridgehead atoms. The summed E-state index contributed by atoms with van der Waals surface area (Å²) in [6.07, 6.45) is 0.947. The van der Waals surface area contributed by atoms with Crippen LogP contribution in [0.25, 0.3) is 0 Å². The third-order valence-corrected chi connectivity index (χ3v) is 4.31. The summed E-state index contributed by atoms with van der Waals surface area (Å²) in [6, 6.07) is 0. The van der Waals surface area contributed by atoms with Crippen molar-refractivity contribution in [1.82, 2.24) is 0 Å². The van der Waals surface area contributed by atoms with E-state index in [1.165, 1.54) is 4.43 Å². The molecule has 0 aromatic heterocycles. The van der Waals surface area contributed by atoms with Crippen molar-refractivity contribution >= 4 is 5.97 Å². The van der Waals surface area contributed by atoms with Gasteiger partial charge in [-0.2, -0.15) is 0 Å². The van der Waals surface area contributed by atoms with Gasteiger partial charge in [0.2, 0.25) is 0 Å². The van der Waals surface area contributed by atoms with Crippen molar-refractivity contribution in [2.75, 3.05) is 8.86 Å². The zero-order valence-corrected chi connectivity index (χ0v) is 6.59. The maximum absolute atomic E-state index is 10.2. The topological polar surface area (TPSA) is 37.3 Å². The molecule has 0 aromatic rings. The first-order chi connectivity index (χ1) is 3.80. The quantitative estimate of drug-likeness (QED) is 0.387. The Kier molecular flexibility index (Phi) is 2.10. The van der Waals surface area contributed by atoms with E-state index < -0.39 is 5.97 Å². The normalized spacial score (nSPS) is 29.2. The molecule has 2 nitrogen and oxygen atoms in total. The summed E-state index contributed by atoms with van der Waals surface area (Å²) in [7, 11) is 0. The number of alkyl halides is 2. The van der Waals surface area contributed by atoms with Gasteiger partial charge in [0.15, 0.2) is 0 Å². The van der Waals surface area contributed by atoms with E-state index in [-0.39, 0.29) is 27.1 Å². The van der Waals surface area contributed by atoms with E-state index in [9.17, 15) is 4.79 Å². The van der Waals surface area contributed by atoms with Gasteiger partial charge in [-0.25, -0.2) is 0 Å². The van der Waals surface area contributed by atoms with Gasteiger partial charge < -0.3 is 0 Å². The van der Waals surface area contributed by atoms with E-state index in [4.69, 9.17) is 5.11 Å². The molecule has 0 aromatic carbocycles. The fourth-order valence-electron chi connectivity index (χ4n) is 0.684. The van der Waals surface area contributed by atoms with Crippen molar-refractivity contribution in [2.45, 2.75) is 6.42 Å². The monoisotopic (exact) mass is 227 g/mol. The molecule has 0 amide bonds. The number of aliphatic carboxylic acids is 1. The second-order valence-electron chi connectivity index (χ2n) is 1.86. The van der Waals surface area contributed by atoms with Crippen LogP contribution in [0.15, 0.2) is 0 Å². The summed E-state index contributed by atoms with van der Waals surface area (Å²) in [6.45, 7) is 0. The van der Waals surface area contributed by atoms with Crippen LogP contribution in [0.5, 0.6) is 0 Å². The molecule has 1 atom stereocenters. The van der Waals surface area contributed by atoms with Crippen molar-refractivity contribution in [3.63, 3.8) is 0 Å². The van der Waals surface area contributed by atoms with Crippen LogP contribution in [-0.2, 0) is 4.79 Å². The van der Waals surface area contributed by atoms with Gasteiger partial charge in [-0.15, -0.1) is 0 Å². The molecule has 48 valence electrons. The summed E-state index contributed by atoms with van der Waals surface area (Å²) in [4.78, 5) is 10.2. The van der Waals surface area contributed by atoms with Gasteiger partial charge in [-0.05, 0) is 0 Å². The molecule has 0 radical (unpaired) electrons. The molecule has 0 saturated carbocycles. The molecule has 3 heteroatoms. The van der Waals surface area contributed by atoms with Crippen molar-refractivity contribution in [1.29, 1.82) is 0 Å². The number of hydrogen-bond acceptors (Lipinski definition) is 1. The zero-order valence-electron chi connectivity index (χ0n) is 4.43. The van der Waals surface area contributed by atoms with E-state index in [0.29, 0.717) is 0 Å². The molecule has 8 heavy (non-hydrogen) atoms. The number of hydrogen-bond donors (Lipinski definition) is 1. The molecule has 1 rings (SSSR count). The van der Waals surface area contributed by atoms with Gasteiger partial charge in [-0.3, -0.25) is 0 Å². The molecule has 0 spiro atoms. The van der Waals surface area contributed by atoms with Crippen molar-refractivity contribution in [2.24, 2.45) is 5.92 Å². The maximum atomic E-state index is 10.2. The third kappa shape index (κ3) is 1.34. The predicted octanol–water partition coefficient (Wildman–Crippen LogP) is -2.82. The fraction of sp³-hybridized carbons (Fsp3) is 0.800. The Bertz CT molecular complexity index is 96.6. The Morgan fingerprint density at radius 1 is 1.75 bits per heavy atom. The van der Waals surface area contributed by atoms with Crippen molar-refractivity contribution in [3.8, 4) is 0 Å². The number of halogens is 1. The molecule has 1 saturated heterocycles. The van der Waals surface area contributed by atoms with E-state index in [1.54, 1.807) is 0 Å². The van der Waals surface area contributed by atoms with Crippen molar-refractivity contribution < 1.29 is 31.1 Å². The molecular weight excluding hydrogens is 219 g/mol. The number of rotatable bonds is 1. The summed E-state index contributed by atoms with van der Waals surface area (Å²) >= 11 is 0.288. The number of carboxylic acid groups (broad SMARTS) is 1. The summed E-state index contributed by atoms with van der Waals surface area (Å²) in [5.41, 5.74) is 0. The molecule has 1 aliphatic heterocycles. The Labute approximate surface area is 58.5 Å². The van der Waals surface area contributed by atoms with Gasteiger partial charge >= 0.3 is 58.3 Å². The molecule has 1 N–H and O–H groups in total. The van der Waals surface area contributed by atoms with Crippen LogP contribution >= 0.6 is 0 Å². The summed E-state index contributed by atoms with van der Waals surface area (Å²) in [5.74, 6) is -0.551. The predicted molar refractivity (Wildman–Crippen MR) is 25.5 cm³/mol. The van der Waals surface area contributed by atoms with Crippen LogP contribution < -0.4 is 21.2 Å². The van der Waals surface area contributed by atoms with E-state index in [0.717, 1.165) is 10.8 Å².